The van der Waals surface area contributed by atoms with E-state index in [9.17, 15) is 23.3 Å². The Morgan fingerprint density at radius 2 is 2.00 bits per heavy atom. The van der Waals surface area contributed by atoms with E-state index >= 15 is 0 Å². The number of hydrogen-bond acceptors (Lipinski definition) is 6. The predicted octanol–water partition coefficient (Wildman–Crippen LogP) is 0.531. The Morgan fingerprint density at radius 3 is 2.40 bits per heavy atom. The molecule has 8 nitrogen and oxygen atoms in total. The summed E-state index contributed by atoms with van der Waals surface area (Å²) in [6.07, 6.45) is 0.402. The van der Waals surface area contributed by atoms with Crippen LogP contribution in [0.5, 0.6) is 0 Å². The lowest BCUT2D eigenvalue weighted by Crippen LogP contribution is -2.55. The zero-order valence-corrected chi connectivity index (χ0v) is 11.4. The molecule has 1 fully saturated rings. The number of sulfonamides is 1. The average Bonchev–Trinajstić information content (AvgIpc) is 2.36. The summed E-state index contributed by atoms with van der Waals surface area (Å²) in [6, 6.07) is 3.71. The molecule has 0 bridgehead atoms. The molecule has 108 valence electrons. The van der Waals surface area contributed by atoms with Crippen LogP contribution in [0, 0.1) is 10.1 Å². The lowest BCUT2D eigenvalue weighted by molar-refractivity contribution is -0.384. The molecular weight excluding hydrogens is 288 g/mol. The molecule has 0 aromatic heterocycles. The summed E-state index contributed by atoms with van der Waals surface area (Å²) in [6.45, 7) is 0.221. The monoisotopic (exact) mass is 300 g/mol. The largest absolute Gasteiger partial charge is 0.468 e. The van der Waals surface area contributed by atoms with Crippen LogP contribution in [-0.4, -0.2) is 43.3 Å². The van der Waals surface area contributed by atoms with Crippen LogP contribution in [0.4, 0.5) is 5.69 Å². The van der Waals surface area contributed by atoms with Crippen molar-refractivity contribution in [3.05, 3.63) is 34.4 Å². The van der Waals surface area contributed by atoms with Gasteiger partial charge >= 0.3 is 5.97 Å². The van der Waals surface area contributed by atoms with Gasteiger partial charge in [-0.3, -0.25) is 14.9 Å². The maximum absolute atomic E-state index is 12.3. The number of non-ortho nitro benzene ring substituents is 1. The maximum atomic E-state index is 12.3. The molecule has 1 aliphatic heterocycles. The van der Waals surface area contributed by atoms with Crippen LogP contribution >= 0.6 is 0 Å². The third kappa shape index (κ3) is 2.37. The summed E-state index contributed by atoms with van der Waals surface area (Å²) >= 11 is 0. The van der Waals surface area contributed by atoms with Crippen molar-refractivity contribution in [3.63, 3.8) is 0 Å². The van der Waals surface area contributed by atoms with Crippen molar-refractivity contribution in [1.29, 1.82) is 0 Å². The Labute approximate surface area is 115 Å². The van der Waals surface area contributed by atoms with Crippen LogP contribution in [0.25, 0.3) is 0 Å². The minimum atomic E-state index is -3.84. The quantitative estimate of drug-likeness (QED) is 0.456. The number of carbonyl (C=O) groups excluding carboxylic acids is 1. The van der Waals surface area contributed by atoms with Gasteiger partial charge in [0.25, 0.3) is 5.69 Å². The fraction of sp³-hybridized carbons (Fsp3) is 0.364. The highest BCUT2D eigenvalue weighted by atomic mass is 32.2. The highest BCUT2D eigenvalue weighted by molar-refractivity contribution is 7.89. The summed E-state index contributed by atoms with van der Waals surface area (Å²) in [5, 5.41) is 10.5. The van der Waals surface area contributed by atoms with Gasteiger partial charge in [-0.15, -0.1) is 0 Å². The molecular formula is C11H12N2O6S. The Balaban J connectivity index is 2.27. The summed E-state index contributed by atoms with van der Waals surface area (Å²) in [5.41, 5.74) is -0.197. The molecule has 1 aromatic carbocycles. The lowest BCUT2D eigenvalue weighted by atomic mass is 10.1. The first-order chi connectivity index (χ1) is 9.37. The van der Waals surface area contributed by atoms with Crippen LogP contribution in [-0.2, 0) is 19.6 Å². The molecule has 0 aliphatic carbocycles. The Kier molecular flexibility index (Phi) is 3.73. The van der Waals surface area contributed by atoms with Gasteiger partial charge in [-0.05, 0) is 18.6 Å². The second kappa shape index (κ2) is 5.17. The fourth-order valence-electron chi connectivity index (χ4n) is 1.90. The fourth-order valence-corrected chi connectivity index (χ4v) is 3.52. The van der Waals surface area contributed by atoms with Crippen LogP contribution in [0.2, 0.25) is 0 Å². The van der Waals surface area contributed by atoms with E-state index in [1.807, 2.05) is 0 Å². The molecule has 1 saturated heterocycles. The van der Waals surface area contributed by atoms with Crippen molar-refractivity contribution in [2.75, 3.05) is 13.7 Å². The summed E-state index contributed by atoms with van der Waals surface area (Å²) in [5.74, 6) is -0.610. The van der Waals surface area contributed by atoms with E-state index < -0.39 is 27.0 Å². The van der Waals surface area contributed by atoms with Crippen molar-refractivity contribution in [2.45, 2.75) is 17.4 Å². The van der Waals surface area contributed by atoms with Gasteiger partial charge in [0.2, 0.25) is 10.0 Å². The van der Waals surface area contributed by atoms with Gasteiger partial charge < -0.3 is 4.74 Å². The second-order valence-electron chi connectivity index (χ2n) is 4.19. The summed E-state index contributed by atoms with van der Waals surface area (Å²) < 4.78 is 30.1. The van der Waals surface area contributed by atoms with Crippen LogP contribution < -0.4 is 0 Å². The Morgan fingerprint density at radius 1 is 1.40 bits per heavy atom. The number of carbonyl (C=O) groups is 1. The third-order valence-corrected chi connectivity index (χ3v) is 5.02. The molecule has 0 spiro atoms. The number of ether oxygens (including phenoxy) is 1. The third-order valence-electron chi connectivity index (χ3n) is 3.10. The van der Waals surface area contributed by atoms with E-state index in [1.54, 1.807) is 0 Å². The number of nitrogens with zero attached hydrogens (tertiary/aromatic N) is 2. The number of benzene rings is 1. The molecule has 0 saturated carbocycles. The van der Waals surface area contributed by atoms with Crippen molar-refractivity contribution >= 4 is 21.7 Å². The topological polar surface area (TPSA) is 107 Å². The van der Waals surface area contributed by atoms with Crippen molar-refractivity contribution in [1.82, 2.24) is 4.31 Å². The number of nitro groups is 1. The van der Waals surface area contributed by atoms with Crippen LogP contribution in [0.1, 0.15) is 6.42 Å². The van der Waals surface area contributed by atoms with E-state index in [2.05, 4.69) is 4.74 Å². The molecule has 1 unspecified atom stereocenters. The molecule has 1 aromatic rings. The van der Waals surface area contributed by atoms with Gasteiger partial charge in [-0.25, -0.2) is 8.42 Å². The predicted molar refractivity (Wildman–Crippen MR) is 67.4 cm³/mol. The van der Waals surface area contributed by atoms with Gasteiger partial charge in [-0.2, -0.15) is 4.31 Å². The first kappa shape index (κ1) is 14.4. The summed E-state index contributed by atoms with van der Waals surface area (Å²) in [4.78, 5) is 21.2. The van der Waals surface area contributed by atoms with E-state index in [4.69, 9.17) is 0 Å². The zero-order chi connectivity index (χ0) is 14.9. The molecule has 9 heteroatoms. The van der Waals surface area contributed by atoms with Crippen LogP contribution in [0.15, 0.2) is 29.2 Å². The van der Waals surface area contributed by atoms with Crippen LogP contribution in [0.3, 0.4) is 0 Å². The Hall–Kier alpha value is -2.00. The first-order valence-corrected chi connectivity index (χ1v) is 7.16. The Bertz CT molecular complexity index is 639. The number of nitro benzene ring substituents is 1. The maximum Gasteiger partial charge on any atom is 0.324 e. The molecule has 0 radical (unpaired) electrons. The number of rotatable bonds is 4. The lowest BCUT2D eigenvalue weighted by Gasteiger charge is -2.37. The second-order valence-corrected chi connectivity index (χ2v) is 6.08. The summed E-state index contributed by atoms with van der Waals surface area (Å²) in [7, 11) is -2.65. The van der Waals surface area contributed by atoms with Gasteiger partial charge in [0, 0.05) is 18.7 Å². The number of methoxy groups -OCH3 is 1. The molecule has 1 atom stereocenters. The van der Waals surface area contributed by atoms with Crippen molar-refractivity contribution in [3.8, 4) is 0 Å². The van der Waals surface area contributed by atoms with Crippen molar-refractivity contribution < 1.29 is 22.9 Å². The normalized spacial score (nSPS) is 19.1. The van der Waals surface area contributed by atoms with Gasteiger partial charge in [0.15, 0.2) is 0 Å². The molecule has 0 amide bonds. The van der Waals surface area contributed by atoms with Crippen molar-refractivity contribution in [2.24, 2.45) is 0 Å². The minimum Gasteiger partial charge on any atom is -0.468 e. The zero-order valence-electron chi connectivity index (χ0n) is 10.6. The first-order valence-electron chi connectivity index (χ1n) is 5.72. The number of esters is 1. The highest BCUT2D eigenvalue weighted by Gasteiger charge is 2.43. The standard InChI is InChI=1S/C11H12N2O6S/c1-19-11(14)10-6-7-12(10)20(17,18)9-4-2-8(3-5-9)13(15)16/h2-5,10H,6-7H2,1H3. The number of hydrogen-bond donors (Lipinski definition) is 0. The van der Waals surface area contributed by atoms with E-state index in [-0.39, 0.29) is 17.1 Å². The SMILES string of the molecule is COC(=O)C1CCN1S(=O)(=O)c1ccc([N+](=O)[O-])cc1. The molecule has 0 N–H and O–H groups in total. The van der Waals surface area contributed by atoms with Gasteiger partial charge in [0.1, 0.15) is 6.04 Å². The smallest absolute Gasteiger partial charge is 0.324 e. The highest BCUT2D eigenvalue weighted by Crippen LogP contribution is 2.28. The van der Waals surface area contributed by atoms with E-state index in [0.29, 0.717) is 6.42 Å². The average molecular weight is 300 g/mol. The van der Waals surface area contributed by atoms with E-state index in [1.165, 1.54) is 7.11 Å². The van der Waals surface area contributed by atoms with Gasteiger partial charge in [0.05, 0.1) is 16.9 Å². The van der Waals surface area contributed by atoms with E-state index in [0.717, 1.165) is 28.6 Å². The van der Waals surface area contributed by atoms with Gasteiger partial charge in [-0.1, -0.05) is 0 Å². The molecule has 1 heterocycles. The molecule has 1 aliphatic rings. The molecule has 20 heavy (non-hydrogen) atoms. The molecule has 2 rings (SSSR count). The minimum absolute atomic E-state index is 0.0864.